The molecule has 0 aliphatic carbocycles. The molecule has 0 saturated carbocycles. The Morgan fingerprint density at radius 3 is 2.23 bits per heavy atom. The van der Waals surface area contributed by atoms with Crippen LogP contribution in [0.2, 0.25) is 19.6 Å². The Labute approximate surface area is 183 Å². The summed E-state index contributed by atoms with van der Waals surface area (Å²) in [7, 11) is -1.52. The van der Waals surface area contributed by atoms with Crippen LogP contribution in [0.3, 0.4) is 0 Å². The third-order valence-corrected chi connectivity index (χ3v) is 8.33. The summed E-state index contributed by atoms with van der Waals surface area (Å²) < 4.78 is 0. The first-order valence-corrected chi connectivity index (χ1v) is 14.3. The van der Waals surface area contributed by atoms with E-state index in [1.807, 2.05) is 0 Å². The van der Waals surface area contributed by atoms with Crippen LogP contribution >= 0.6 is 0 Å². The molecule has 0 bridgehead atoms. The summed E-state index contributed by atoms with van der Waals surface area (Å²) in [6.45, 7) is 7.23. The van der Waals surface area contributed by atoms with Crippen LogP contribution in [-0.4, -0.2) is 13.1 Å². The second kappa shape index (κ2) is 6.53. The molecule has 2 nitrogen and oxygen atoms in total. The molecule has 150 valence electrons. The Balaban J connectivity index is 1.78. The van der Waals surface area contributed by atoms with Gasteiger partial charge in [0, 0.05) is 22.0 Å². The first-order valence-electron chi connectivity index (χ1n) is 10.8. The maximum atomic E-state index is 5.27. The molecule has 1 aliphatic rings. The van der Waals surface area contributed by atoms with E-state index in [4.69, 9.17) is 4.98 Å². The van der Waals surface area contributed by atoms with Crippen LogP contribution in [0.5, 0.6) is 0 Å². The maximum absolute atomic E-state index is 5.27. The van der Waals surface area contributed by atoms with E-state index >= 15 is 0 Å². The number of hydrogen-bond acceptors (Lipinski definition) is 2. The molecule has 1 aliphatic heterocycles. The fourth-order valence-corrected chi connectivity index (χ4v) is 6.50. The van der Waals surface area contributed by atoms with Crippen LogP contribution in [0.25, 0.3) is 32.9 Å². The number of hydrogen-bond donors (Lipinski definition) is 0. The lowest BCUT2D eigenvalue weighted by molar-refractivity contribution is 1.25. The number of pyridine rings is 1. The number of aromatic nitrogens is 1. The zero-order valence-electron chi connectivity index (χ0n) is 18.1. The Bertz CT molecular complexity index is 1460. The highest BCUT2D eigenvalue weighted by Crippen LogP contribution is 2.50. The molecule has 4 aromatic carbocycles. The van der Waals surface area contributed by atoms with E-state index in [1.165, 1.54) is 32.6 Å². The quantitative estimate of drug-likeness (QED) is 0.274. The van der Waals surface area contributed by atoms with Gasteiger partial charge in [0.15, 0.2) is 0 Å². The van der Waals surface area contributed by atoms with E-state index in [0.29, 0.717) is 0 Å². The van der Waals surface area contributed by atoms with Crippen molar-refractivity contribution < 1.29 is 0 Å². The fraction of sp³-hybridized carbons (Fsp3) is 0.107. The van der Waals surface area contributed by atoms with Crippen LogP contribution in [-0.2, 0) is 0 Å². The van der Waals surface area contributed by atoms with Gasteiger partial charge >= 0.3 is 0 Å². The van der Waals surface area contributed by atoms with E-state index in [1.54, 1.807) is 0 Å². The summed E-state index contributed by atoms with van der Waals surface area (Å²) in [5.41, 5.74) is 6.92. The predicted octanol–water partition coefficient (Wildman–Crippen LogP) is 7.38. The van der Waals surface area contributed by atoms with E-state index < -0.39 is 8.07 Å². The molecule has 0 unspecified atom stereocenters. The second-order valence-electron chi connectivity index (χ2n) is 9.33. The lowest BCUT2D eigenvalue weighted by atomic mass is 9.93. The van der Waals surface area contributed by atoms with Gasteiger partial charge in [-0.2, -0.15) is 0 Å². The van der Waals surface area contributed by atoms with Crippen molar-refractivity contribution in [1.29, 1.82) is 0 Å². The lowest BCUT2D eigenvalue weighted by Gasteiger charge is -2.33. The van der Waals surface area contributed by atoms with Crippen LogP contribution in [0.4, 0.5) is 17.1 Å². The first-order chi connectivity index (χ1) is 15.0. The molecular formula is C28H24N2Si. The van der Waals surface area contributed by atoms with Crippen molar-refractivity contribution in [2.75, 3.05) is 4.90 Å². The number of benzene rings is 4. The van der Waals surface area contributed by atoms with E-state index in [9.17, 15) is 0 Å². The van der Waals surface area contributed by atoms with E-state index in [0.717, 1.165) is 22.6 Å². The van der Waals surface area contributed by atoms with Crippen LogP contribution in [0.15, 0.2) is 91.0 Å². The molecular weight excluding hydrogens is 392 g/mol. The standard InChI is InChI=1S/C28H24N2Si/c1-31(2,3)26-17-9-15-23-22(26)18-25-28(29-23)21-14-7-10-19-11-8-16-24(27(19)21)30(25)20-12-5-4-6-13-20/h4-18H,1-3H3. The topological polar surface area (TPSA) is 16.1 Å². The Hall–Kier alpha value is -3.43. The molecule has 0 atom stereocenters. The van der Waals surface area contributed by atoms with Gasteiger partial charge in [-0.3, -0.25) is 0 Å². The molecule has 0 fully saturated rings. The zero-order chi connectivity index (χ0) is 21.2. The molecule has 0 amide bonds. The van der Waals surface area contributed by atoms with Gasteiger partial charge in [-0.1, -0.05) is 85.5 Å². The minimum Gasteiger partial charge on any atom is -0.308 e. The second-order valence-corrected chi connectivity index (χ2v) is 14.4. The number of anilines is 3. The molecule has 3 heteroatoms. The van der Waals surface area contributed by atoms with Crippen molar-refractivity contribution in [3.8, 4) is 11.3 Å². The highest BCUT2D eigenvalue weighted by Gasteiger charge is 2.28. The van der Waals surface area contributed by atoms with Crippen LogP contribution in [0.1, 0.15) is 0 Å². The van der Waals surface area contributed by atoms with Crippen molar-refractivity contribution in [2.45, 2.75) is 19.6 Å². The smallest absolute Gasteiger partial charge is 0.0957 e. The largest absolute Gasteiger partial charge is 0.308 e. The molecule has 6 rings (SSSR count). The van der Waals surface area contributed by atoms with Crippen LogP contribution < -0.4 is 10.1 Å². The number of nitrogens with zero attached hydrogens (tertiary/aromatic N) is 2. The van der Waals surface area contributed by atoms with Gasteiger partial charge in [-0.15, -0.1) is 0 Å². The summed E-state index contributed by atoms with van der Waals surface area (Å²) in [6.07, 6.45) is 0. The van der Waals surface area contributed by atoms with E-state index in [2.05, 4.69) is 116 Å². The number of rotatable bonds is 2. The molecule has 2 heterocycles. The predicted molar refractivity (Wildman–Crippen MR) is 136 cm³/mol. The van der Waals surface area contributed by atoms with Crippen LogP contribution in [0, 0.1) is 0 Å². The van der Waals surface area contributed by atoms with Gasteiger partial charge in [-0.25, -0.2) is 4.98 Å². The SMILES string of the molecule is C[Si](C)(C)c1cccc2nc3c(cc12)N(c1ccccc1)c1cccc2cccc-3c12. The third kappa shape index (κ3) is 2.74. The van der Waals surface area contributed by atoms with Crippen molar-refractivity contribution in [1.82, 2.24) is 4.98 Å². The highest BCUT2D eigenvalue weighted by atomic mass is 28.3. The van der Waals surface area contributed by atoms with Crippen molar-refractivity contribution >= 4 is 52.0 Å². The highest BCUT2D eigenvalue weighted by molar-refractivity contribution is 6.90. The van der Waals surface area contributed by atoms with Gasteiger partial charge in [0.25, 0.3) is 0 Å². The van der Waals surface area contributed by atoms with Crippen molar-refractivity contribution in [3.63, 3.8) is 0 Å². The average molecular weight is 417 g/mol. The van der Waals surface area contributed by atoms with Gasteiger partial charge in [0.05, 0.1) is 30.7 Å². The molecule has 0 saturated heterocycles. The molecule has 0 radical (unpaired) electrons. The summed E-state index contributed by atoms with van der Waals surface area (Å²) in [6, 6.07) is 32.8. The van der Waals surface area contributed by atoms with Crippen molar-refractivity contribution in [3.05, 3.63) is 91.0 Å². The van der Waals surface area contributed by atoms with E-state index in [-0.39, 0.29) is 0 Å². The van der Waals surface area contributed by atoms with Gasteiger partial charge in [0.2, 0.25) is 0 Å². The molecule has 0 spiro atoms. The molecule has 5 aromatic rings. The molecule has 31 heavy (non-hydrogen) atoms. The maximum Gasteiger partial charge on any atom is 0.0957 e. The Morgan fingerprint density at radius 1 is 0.710 bits per heavy atom. The summed E-state index contributed by atoms with van der Waals surface area (Å²) >= 11 is 0. The average Bonchev–Trinajstić information content (AvgIpc) is 2.78. The van der Waals surface area contributed by atoms with Gasteiger partial charge < -0.3 is 4.90 Å². The summed E-state index contributed by atoms with van der Waals surface area (Å²) in [5.74, 6) is 0. The number of para-hydroxylation sites is 1. The van der Waals surface area contributed by atoms with Crippen molar-refractivity contribution in [2.24, 2.45) is 0 Å². The zero-order valence-corrected chi connectivity index (χ0v) is 19.1. The number of fused-ring (bicyclic) bond motifs is 3. The first kappa shape index (κ1) is 18.3. The Morgan fingerprint density at radius 2 is 1.45 bits per heavy atom. The minimum absolute atomic E-state index is 1.06. The molecule has 0 N–H and O–H groups in total. The third-order valence-electron chi connectivity index (χ3n) is 6.28. The Kier molecular flexibility index (Phi) is 3.86. The fourth-order valence-electron chi connectivity index (χ4n) is 4.90. The van der Waals surface area contributed by atoms with Gasteiger partial charge in [-0.05, 0) is 35.7 Å². The summed E-state index contributed by atoms with van der Waals surface area (Å²) in [5, 5.41) is 5.27. The monoisotopic (exact) mass is 416 g/mol. The normalized spacial score (nSPS) is 12.9. The molecule has 1 aromatic heterocycles. The summed E-state index contributed by atoms with van der Waals surface area (Å²) in [4.78, 5) is 7.66. The van der Waals surface area contributed by atoms with Gasteiger partial charge in [0.1, 0.15) is 0 Å². The lowest BCUT2D eigenvalue weighted by Crippen LogP contribution is -2.38. The minimum atomic E-state index is -1.52.